The van der Waals surface area contributed by atoms with Crippen molar-refractivity contribution in [3.63, 3.8) is 0 Å². The van der Waals surface area contributed by atoms with E-state index in [4.69, 9.17) is 4.74 Å². The molecule has 0 bridgehead atoms. The van der Waals surface area contributed by atoms with Gasteiger partial charge in [0.2, 0.25) is 15.9 Å². The molecule has 0 saturated heterocycles. The zero-order valence-corrected chi connectivity index (χ0v) is 17.8. The number of ether oxygens (including phenoxy) is 1. The molecule has 0 saturated carbocycles. The summed E-state index contributed by atoms with van der Waals surface area (Å²) in [6.45, 7) is 2.62. The van der Waals surface area contributed by atoms with Gasteiger partial charge in [0.1, 0.15) is 6.54 Å². The number of anilines is 2. The number of halogens is 3. The standard InChI is InChI=1S/C20H21F3N2O5S/c1-4-30-19(27)16-9-6-10-17(13(16)2)24-18(26)12-25(31(3,28)29)15-8-5-7-14(11-15)20(21,22)23/h5-11H,4,12H2,1-3H3,(H,24,26). The first kappa shape index (κ1) is 24.2. The first-order valence-electron chi connectivity index (χ1n) is 9.06. The number of carbonyl (C=O) groups is 2. The van der Waals surface area contributed by atoms with E-state index >= 15 is 0 Å². The number of amides is 1. The highest BCUT2D eigenvalue weighted by atomic mass is 32.2. The van der Waals surface area contributed by atoms with Crippen molar-refractivity contribution in [3.05, 3.63) is 59.2 Å². The number of hydrogen-bond acceptors (Lipinski definition) is 5. The van der Waals surface area contributed by atoms with Gasteiger partial charge in [0, 0.05) is 5.69 Å². The van der Waals surface area contributed by atoms with Gasteiger partial charge in [0.05, 0.1) is 29.7 Å². The second-order valence-corrected chi connectivity index (χ2v) is 8.47. The molecule has 0 aromatic heterocycles. The highest BCUT2D eigenvalue weighted by Crippen LogP contribution is 2.32. The molecule has 0 atom stereocenters. The zero-order chi connectivity index (χ0) is 23.4. The van der Waals surface area contributed by atoms with Crippen LogP contribution in [-0.4, -0.2) is 39.7 Å². The normalized spacial score (nSPS) is 11.7. The first-order valence-corrected chi connectivity index (χ1v) is 10.9. The predicted octanol–water partition coefficient (Wildman–Crippen LogP) is 3.60. The number of rotatable bonds is 7. The summed E-state index contributed by atoms with van der Waals surface area (Å²) >= 11 is 0. The van der Waals surface area contributed by atoms with Crippen LogP contribution in [0.4, 0.5) is 24.5 Å². The minimum Gasteiger partial charge on any atom is -0.462 e. The molecule has 0 spiro atoms. The number of nitrogens with zero attached hydrogens (tertiary/aromatic N) is 1. The van der Waals surface area contributed by atoms with Gasteiger partial charge in [0.25, 0.3) is 0 Å². The maximum atomic E-state index is 13.0. The van der Waals surface area contributed by atoms with Gasteiger partial charge >= 0.3 is 12.1 Å². The van der Waals surface area contributed by atoms with Crippen LogP contribution in [0, 0.1) is 6.92 Å². The van der Waals surface area contributed by atoms with Crippen molar-refractivity contribution in [2.75, 3.05) is 29.0 Å². The number of hydrogen-bond donors (Lipinski definition) is 1. The molecule has 168 valence electrons. The number of nitrogens with one attached hydrogen (secondary N) is 1. The quantitative estimate of drug-likeness (QED) is 0.640. The zero-order valence-electron chi connectivity index (χ0n) is 17.0. The SMILES string of the molecule is CCOC(=O)c1cccc(NC(=O)CN(c2cccc(C(F)(F)F)c2)S(C)(=O)=O)c1C. The number of carbonyl (C=O) groups excluding carboxylic acids is 2. The van der Waals surface area contributed by atoms with Gasteiger partial charge in [-0.25, -0.2) is 13.2 Å². The van der Waals surface area contributed by atoms with Crippen molar-refractivity contribution < 1.29 is 35.9 Å². The molecule has 2 aromatic rings. The maximum Gasteiger partial charge on any atom is 0.416 e. The Bertz CT molecular complexity index is 1080. The average molecular weight is 458 g/mol. The summed E-state index contributed by atoms with van der Waals surface area (Å²) in [6, 6.07) is 8.20. The Morgan fingerprint density at radius 2 is 1.77 bits per heavy atom. The first-order chi connectivity index (χ1) is 14.3. The molecule has 2 aromatic carbocycles. The molecular formula is C20H21F3N2O5S. The maximum absolute atomic E-state index is 13.0. The van der Waals surface area contributed by atoms with E-state index < -0.39 is 40.2 Å². The Morgan fingerprint density at radius 3 is 2.35 bits per heavy atom. The molecule has 11 heteroatoms. The molecule has 0 fully saturated rings. The topological polar surface area (TPSA) is 92.8 Å². The van der Waals surface area contributed by atoms with Gasteiger partial charge in [-0.05, 0) is 49.7 Å². The average Bonchev–Trinajstić information content (AvgIpc) is 2.66. The van der Waals surface area contributed by atoms with Gasteiger partial charge in [0.15, 0.2) is 0 Å². The molecule has 0 heterocycles. The number of sulfonamides is 1. The van der Waals surface area contributed by atoms with E-state index in [2.05, 4.69) is 5.32 Å². The smallest absolute Gasteiger partial charge is 0.416 e. The lowest BCUT2D eigenvalue weighted by molar-refractivity contribution is -0.137. The van der Waals surface area contributed by atoms with Crippen LogP contribution in [0.1, 0.15) is 28.4 Å². The molecule has 1 amide bonds. The number of benzene rings is 2. The van der Waals surface area contributed by atoms with Crippen LogP contribution >= 0.6 is 0 Å². The predicted molar refractivity (Wildman–Crippen MR) is 109 cm³/mol. The van der Waals surface area contributed by atoms with Crippen molar-refractivity contribution >= 4 is 33.3 Å². The largest absolute Gasteiger partial charge is 0.462 e. The fourth-order valence-corrected chi connectivity index (χ4v) is 3.61. The van der Waals surface area contributed by atoms with E-state index in [1.54, 1.807) is 13.8 Å². The van der Waals surface area contributed by atoms with Gasteiger partial charge in [-0.1, -0.05) is 12.1 Å². The van der Waals surface area contributed by atoms with E-state index in [-0.39, 0.29) is 23.5 Å². The Labute approximate surface area is 177 Å². The Hall–Kier alpha value is -3.08. The minimum atomic E-state index is -4.67. The second-order valence-electron chi connectivity index (χ2n) is 6.56. The summed E-state index contributed by atoms with van der Waals surface area (Å²) in [7, 11) is -4.08. The summed E-state index contributed by atoms with van der Waals surface area (Å²) in [5.41, 5.74) is -0.480. The van der Waals surface area contributed by atoms with E-state index in [0.29, 0.717) is 15.9 Å². The van der Waals surface area contributed by atoms with Crippen LogP contribution in [0.2, 0.25) is 0 Å². The Kier molecular flexibility index (Phi) is 7.32. The molecule has 1 N–H and O–H groups in total. The monoisotopic (exact) mass is 458 g/mol. The van der Waals surface area contributed by atoms with Crippen molar-refractivity contribution in [1.82, 2.24) is 0 Å². The van der Waals surface area contributed by atoms with E-state index in [1.165, 1.54) is 18.2 Å². The van der Waals surface area contributed by atoms with Crippen LogP contribution in [0.15, 0.2) is 42.5 Å². The molecule has 31 heavy (non-hydrogen) atoms. The van der Waals surface area contributed by atoms with Crippen LogP contribution < -0.4 is 9.62 Å². The summed E-state index contributed by atoms with van der Waals surface area (Å²) in [6.07, 6.45) is -3.89. The lowest BCUT2D eigenvalue weighted by Gasteiger charge is -2.23. The van der Waals surface area contributed by atoms with E-state index in [1.807, 2.05) is 0 Å². The Balaban J connectivity index is 2.30. The number of esters is 1. The lowest BCUT2D eigenvalue weighted by atomic mass is 10.1. The fraction of sp³-hybridized carbons (Fsp3) is 0.300. The summed E-state index contributed by atoms with van der Waals surface area (Å²) in [4.78, 5) is 24.5. The summed E-state index contributed by atoms with van der Waals surface area (Å²) < 4.78 is 68.8. The lowest BCUT2D eigenvalue weighted by Crippen LogP contribution is -2.37. The molecule has 0 aliphatic carbocycles. The third kappa shape index (κ3) is 6.20. The molecule has 0 aliphatic rings. The van der Waals surface area contributed by atoms with Crippen molar-refractivity contribution in [3.8, 4) is 0 Å². The molecular weight excluding hydrogens is 437 g/mol. The van der Waals surface area contributed by atoms with E-state index in [9.17, 15) is 31.2 Å². The fourth-order valence-electron chi connectivity index (χ4n) is 2.76. The van der Waals surface area contributed by atoms with E-state index in [0.717, 1.165) is 24.5 Å². The van der Waals surface area contributed by atoms with Crippen LogP contribution in [0.5, 0.6) is 0 Å². The highest BCUT2D eigenvalue weighted by molar-refractivity contribution is 7.92. The van der Waals surface area contributed by atoms with Gasteiger partial charge in [-0.3, -0.25) is 9.10 Å². The van der Waals surface area contributed by atoms with Crippen molar-refractivity contribution in [2.24, 2.45) is 0 Å². The molecule has 7 nitrogen and oxygen atoms in total. The summed E-state index contributed by atoms with van der Waals surface area (Å²) in [5, 5.41) is 2.49. The molecule has 0 aliphatic heterocycles. The van der Waals surface area contributed by atoms with Crippen molar-refractivity contribution in [1.29, 1.82) is 0 Å². The van der Waals surface area contributed by atoms with Gasteiger partial charge in [-0.2, -0.15) is 13.2 Å². The van der Waals surface area contributed by atoms with Crippen LogP contribution in [0.25, 0.3) is 0 Å². The third-order valence-corrected chi connectivity index (χ3v) is 5.39. The van der Waals surface area contributed by atoms with Gasteiger partial charge in [-0.15, -0.1) is 0 Å². The number of alkyl halides is 3. The Morgan fingerprint density at radius 1 is 1.13 bits per heavy atom. The van der Waals surface area contributed by atoms with Gasteiger partial charge < -0.3 is 10.1 Å². The van der Waals surface area contributed by atoms with Crippen LogP contribution in [-0.2, 0) is 25.7 Å². The molecule has 2 rings (SSSR count). The minimum absolute atomic E-state index is 0.162. The highest BCUT2D eigenvalue weighted by Gasteiger charge is 2.32. The summed E-state index contributed by atoms with van der Waals surface area (Å²) in [5.74, 6) is -1.38. The van der Waals surface area contributed by atoms with Crippen LogP contribution in [0.3, 0.4) is 0 Å². The molecule has 0 unspecified atom stereocenters. The second kappa shape index (κ2) is 9.38. The molecule has 0 radical (unpaired) electrons. The van der Waals surface area contributed by atoms with Crippen molar-refractivity contribution in [2.45, 2.75) is 20.0 Å². The third-order valence-electron chi connectivity index (χ3n) is 4.25.